The summed E-state index contributed by atoms with van der Waals surface area (Å²) in [4.78, 5) is 39.9. The number of nitrogens with one attached hydrogen (secondary N) is 1. The van der Waals surface area contributed by atoms with Gasteiger partial charge >= 0.3 is 0 Å². The standard InChI is InChI=1S/C20H24N4O4S/c21-19(14-5-1-2-6-15(14)20(22)28)24-12-13(25)11-23-18(27)9-3-7-16(26)17-8-4-10-29-17/h1-2,4-6,8,10,13,25H,3,7,9,11-12H2,(H2,21,24)(H2,22,28)(H,23,27). The van der Waals surface area contributed by atoms with E-state index < -0.39 is 12.0 Å². The van der Waals surface area contributed by atoms with Gasteiger partial charge < -0.3 is 21.9 Å². The quantitative estimate of drug-likeness (QED) is 0.246. The Morgan fingerprint density at radius 2 is 1.79 bits per heavy atom. The molecule has 0 aliphatic rings. The van der Waals surface area contributed by atoms with Crippen molar-refractivity contribution in [3.8, 4) is 0 Å². The molecular weight excluding hydrogens is 392 g/mol. The number of aliphatic imine (C=N–C) groups is 1. The van der Waals surface area contributed by atoms with E-state index in [9.17, 15) is 19.5 Å². The fourth-order valence-corrected chi connectivity index (χ4v) is 3.26. The molecule has 2 rings (SSSR count). The lowest BCUT2D eigenvalue weighted by atomic mass is 10.1. The summed E-state index contributed by atoms with van der Waals surface area (Å²) in [7, 11) is 0. The van der Waals surface area contributed by atoms with Crippen LogP contribution < -0.4 is 16.8 Å². The van der Waals surface area contributed by atoms with Crippen molar-refractivity contribution in [2.24, 2.45) is 16.5 Å². The first kappa shape index (κ1) is 22.3. The minimum Gasteiger partial charge on any atom is -0.389 e. The third-order valence-electron chi connectivity index (χ3n) is 4.08. The van der Waals surface area contributed by atoms with Crippen LogP contribution >= 0.6 is 11.3 Å². The van der Waals surface area contributed by atoms with Crippen molar-refractivity contribution >= 4 is 34.8 Å². The fourth-order valence-electron chi connectivity index (χ4n) is 2.56. The molecule has 154 valence electrons. The van der Waals surface area contributed by atoms with Crippen LogP contribution in [0.15, 0.2) is 46.8 Å². The minimum atomic E-state index is -0.939. The van der Waals surface area contributed by atoms with Crippen LogP contribution in [0.5, 0.6) is 0 Å². The Balaban J connectivity index is 1.73. The van der Waals surface area contributed by atoms with Crippen molar-refractivity contribution in [1.82, 2.24) is 5.32 Å². The average Bonchev–Trinajstić information content (AvgIpc) is 3.25. The number of amides is 2. The van der Waals surface area contributed by atoms with Crippen molar-refractivity contribution in [1.29, 1.82) is 0 Å². The molecule has 0 fully saturated rings. The summed E-state index contributed by atoms with van der Waals surface area (Å²) in [5.74, 6) is -0.770. The van der Waals surface area contributed by atoms with Crippen LogP contribution in [-0.4, -0.2) is 47.7 Å². The lowest BCUT2D eigenvalue weighted by Gasteiger charge is -2.11. The van der Waals surface area contributed by atoms with E-state index in [1.54, 1.807) is 30.3 Å². The van der Waals surface area contributed by atoms with Gasteiger partial charge in [0.15, 0.2) is 5.78 Å². The smallest absolute Gasteiger partial charge is 0.249 e. The number of Topliss-reactive ketones (excluding diaryl/α,β-unsaturated/α-hetero) is 1. The van der Waals surface area contributed by atoms with Crippen molar-refractivity contribution in [3.63, 3.8) is 0 Å². The number of nitrogens with zero attached hydrogens (tertiary/aromatic N) is 1. The molecule has 8 nitrogen and oxygen atoms in total. The summed E-state index contributed by atoms with van der Waals surface area (Å²) in [5.41, 5.74) is 11.8. The normalized spacial score (nSPS) is 12.4. The highest BCUT2D eigenvalue weighted by Gasteiger charge is 2.12. The molecule has 1 aromatic carbocycles. The van der Waals surface area contributed by atoms with Gasteiger partial charge in [-0.2, -0.15) is 0 Å². The third kappa shape index (κ3) is 7.13. The second kappa shape index (κ2) is 11.1. The highest BCUT2D eigenvalue weighted by atomic mass is 32.1. The van der Waals surface area contributed by atoms with Crippen LogP contribution in [-0.2, 0) is 4.79 Å². The first-order valence-electron chi connectivity index (χ1n) is 9.09. The molecule has 0 aliphatic carbocycles. The summed E-state index contributed by atoms with van der Waals surface area (Å²) in [5, 5.41) is 14.4. The number of hydrogen-bond donors (Lipinski definition) is 4. The summed E-state index contributed by atoms with van der Waals surface area (Å²) >= 11 is 1.38. The number of nitrogens with two attached hydrogens (primary N) is 2. The molecule has 29 heavy (non-hydrogen) atoms. The number of rotatable bonds is 11. The van der Waals surface area contributed by atoms with Crippen LogP contribution in [0.4, 0.5) is 0 Å². The zero-order valence-corrected chi connectivity index (χ0v) is 16.7. The molecule has 2 amide bonds. The highest BCUT2D eigenvalue weighted by molar-refractivity contribution is 7.12. The van der Waals surface area contributed by atoms with E-state index in [1.807, 2.05) is 11.4 Å². The van der Waals surface area contributed by atoms with Gasteiger partial charge in [0.05, 0.1) is 17.5 Å². The second-order valence-electron chi connectivity index (χ2n) is 6.35. The Kier molecular flexibility index (Phi) is 8.50. The van der Waals surface area contributed by atoms with E-state index in [4.69, 9.17) is 11.5 Å². The molecule has 0 radical (unpaired) electrons. The molecule has 0 saturated heterocycles. The van der Waals surface area contributed by atoms with Crippen molar-refractivity contribution in [2.75, 3.05) is 13.1 Å². The molecule has 2 aromatic rings. The SMILES string of the molecule is NC(=O)c1ccccc1C(N)=NCC(O)CNC(=O)CCCC(=O)c1cccs1. The lowest BCUT2D eigenvalue weighted by molar-refractivity contribution is -0.121. The maximum atomic E-state index is 11.9. The van der Waals surface area contributed by atoms with E-state index in [2.05, 4.69) is 10.3 Å². The lowest BCUT2D eigenvalue weighted by Crippen LogP contribution is -2.34. The number of aliphatic hydroxyl groups is 1. The molecule has 1 heterocycles. The Hall–Kier alpha value is -3.04. The number of carbonyl (C=O) groups is 3. The van der Waals surface area contributed by atoms with E-state index in [0.717, 1.165) is 0 Å². The fraction of sp³-hybridized carbons (Fsp3) is 0.300. The van der Waals surface area contributed by atoms with Crippen molar-refractivity contribution < 1.29 is 19.5 Å². The van der Waals surface area contributed by atoms with Crippen LogP contribution in [0.3, 0.4) is 0 Å². The average molecular weight is 417 g/mol. The molecule has 1 atom stereocenters. The van der Waals surface area contributed by atoms with E-state index in [1.165, 1.54) is 11.3 Å². The molecule has 6 N–H and O–H groups in total. The molecule has 0 aliphatic heterocycles. The summed E-state index contributed by atoms with van der Waals surface area (Å²) in [6.45, 7) is -0.0397. The van der Waals surface area contributed by atoms with Gasteiger partial charge in [0.2, 0.25) is 11.8 Å². The van der Waals surface area contributed by atoms with Gasteiger partial charge in [0.25, 0.3) is 0 Å². The predicted octanol–water partition coefficient (Wildman–Crippen LogP) is 1.08. The second-order valence-corrected chi connectivity index (χ2v) is 7.30. The Labute approximate surface area is 172 Å². The number of amidine groups is 1. The van der Waals surface area contributed by atoms with Crippen LogP contribution in [0.25, 0.3) is 0 Å². The molecular formula is C20H24N4O4S. The number of hydrogen-bond acceptors (Lipinski definition) is 6. The Morgan fingerprint density at radius 3 is 2.45 bits per heavy atom. The van der Waals surface area contributed by atoms with Crippen LogP contribution in [0, 0.1) is 0 Å². The number of primary amides is 1. The first-order chi connectivity index (χ1) is 13.9. The summed E-state index contributed by atoms with van der Waals surface area (Å²) < 4.78 is 0. The van der Waals surface area contributed by atoms with Gasteiger partial charge in [-0.3, -0.25) is 19.4 Å². The van der Waals surface area contributed by atoms with Gasteiger partial charge in [-0.15, -0.1) is 11.3 Å². The van der Waals surface area contributed by atoms with E-state index in [-0.39, 0.29) is 42.6 Å². The monoisotopic (exact) mass is 416 g/mol. The number of thiophene rings is 1. The zero-order chi connectivity index (χ0) is 21.2. The number of carbonyl (C=O) groups excluding carboxylic acids is 3. The van der Waals surface area contributed by atoms with Crippen LogP contribution in [0.2, 0.25) is 0 Å². The van der Waals surface area contributed by atoms with Gasteiger partial charge in [0.1, 0.15) is 5.84 Å². The molecule has 0 bridgehead atoms. The van der Waals surface area contributed by atoms with Gasteiger partial charge in [-0.1, -0.05) is 24.3 Å². The summed E-state index contributed by atoms with van der Waals surface area (Å²) in [6.07, 6.45) is -0.00291. The predicted molar refractivity (Wildman–Crippen MR) is 112 cm³/mol. The number of ketones is 1. The van der Waals surface area contributed by atoms with E-state index in [0.29, 0.717) is 23.3 Å². The zero-order valence-electron chi connectivity index (χ0n) is 15.8. The largest absolute Gasteiger partial charge is 0.389 e. The molecule has 1 unspecified atom stereocenters. The van der Waals surface area contributed by atoms with Crippen LogP contribution in [0.1, 0.15) is 44.9 Å². The molecule has 9 heteroatoms. The number of aliphatic hydroxyl groups excluding tert-OH is 1. The maximum absolute atomic E-state index is 11.9. The van der Waals surface area contributed by atoms with Gasteiger partial charge in [0, 0.05) is 30.5 Å². The molecule has 1 aromatic heterocycles. The Bertz CT molecular complexity index is 880. The number of benzene rings is 1. The van der Waals surface area contributed by atoms with E-state index >= 15 is 0 Å². The van der Waals surface area contributed by atoms with Crippen molar-refractivity contribution in [2.45, 2.75) is 25.4 Å². The third-order valence-corrected chi connectivity index (χ3v) is 4.99. The molecule has 0 saturated carbocycles. The Morgan fingerprint density at radius 1 is 1.07 bits per heavy atom. The van der Waals surface area contributed by atoms with Crippen molar-refractivity contribution in [3.05, 3.63) is 57.8 Å². The topological polar surface area (TPSA) is 148 Å². The van der Waals surface area contributed by atoms with Gasteiger partial charge in [-0.05, 0) is 23.9 Å². The first-order valence-corrected chi connectivity index (χ1v) is 9.97. The molecule has 0 spiro atoms. The maximum Gasteiger partial charge on any atom is 0.249 e. The summed E-state index contributed by atoms with van der Waals surface area (Å²) in [6, 6.07) is 10.1. The van der Waals surface area contributed by atoms with Gasteiger partial charge in [-0.25, -0.2) is 0 Å². The highest BCUT2D eigenvalue weighted by Crippen LogP contribution is 2.13. The minimum absolute atomic E-state index is 0.00590.